The molecule has 140 valence electrons. The number of rotatable bonds is 5. The maximum Gasteiger partial charge on any atom is 0.313 e. The lowest BCUT2D eigenvalue weighted by atomic mass is 10.1. The van der Waals surface area contributed by atoms with E-state index in [9.17, 15) is 14.0 Å². The summed E-state index contributed by atoms with van der Waals surface area (Å²) in [5.74, 6) is -1.55. The summed E-state index contributed by atoms with van der Waals surface area (Å²) in [7, 11) is 0. The van der Waals surface area contributed by atoms with Gasteiger partial charge in [-0.25, -0.2) is 9.37 Å². The molecule has 0 saturated carbocycles. The second kappa shape index (κ2) is 7.57. The number of aliphatic carboxylic acids is 1. The Morgan fingerprint density at radius 1 is 1.14 bits per heavy atom. The van der Waals surface area contributed by atoms with E-state index in [4.69, 9.17) is 5.11 Å². The second-order valence-corrected chi connectivity index (χ2v) is 7.69. The standard InChI is InChI=1S/C20H13FN2O3S2/c21-13-8-6-12(7-9-13)15-10-27-18-17(15)19(26)23(14-4-2-1-3-5-14)20(22-18)28-11-16(24)25/h1-10H,11H2,(H,24,25). The normalized spacial score (nSPS) is 11.0. The van der Waals surface area contributed by atoms with Crippen LogP contribution in [-0.4, -0.2) is 26.4 Å². The third-order valence-corrected chi connectivity index (χ3v) is 5.87. The van der Waals surface area contributed by atoms with Gasteiger partial charge < -0.3 is 5.11 Å². The van der Waals surface area contributed by atoms with Gasteiger partial charge in [-0.3, -0.25) is 14.2 Å². The number of aromatic nitrogens is 2. The van der Waals surface area contributed by atoms with Crippen molar-refractivity contribution in [2.45, 2.75) is 5.16 Å². The average Bonchev–Trinajstić information content (AvgIpc) is 3.12. The van der Waals surface area contributed by atoms with Crippen LogP contribution < -0.4 is 5.56 Å². The predicted octanol–water partition coefficient (Wildman–Crippen LogP) is 4.43. The number of thioether (sulfide) groups is 1. The van der Waals surface area contributed by atoms with Crippen molar-refractivity contribution in [3.8, 4) is 16.8 Å². The fourth-order valence-corrected chi connectivity index (χ4v) is 4.56. The molecule has 4 aromatic rings. The van der Waals surface area contributed by atoms with E-state index >= 15 is 0 Å². The molecule has 0 saturated heterocycles. The van der Waals surface area contributed by atoms with Crippen LogP contribution in [0.2, 0.25) is 0 Å². The highest BCUT2D eigenvalue weighted by atomic mass is 32.2. The van der Waals surface area contributed by atoms with Crippen molar-refractivity contribution >= 4 is 39.3 Å². The number of carbonyl (C=O) groups is 1. The summed E-state index contributed by atoms with van der Waals surface area (Å²) in [5.41, 5.74) is 1.71. The highest BCUT2D eigenvalue weighted by Gasteiger charge is 2.19. The second-order valence-electron chi connectivity index (χ2n) is 5.89. The van der Waals surface area contributed by atoms with Crippen LogP contribution in [-0.2, 0) is 4.79 Å². The Morgan fingerprint density at radius 3 is 2.54 bits per heavy atom. The number of para-hydroxylation sites is 1. The van der Waals surface area contributed by atoms with Crippen LogP contribution in [0.1, 0.15) is 0 Å². The zero-order chi connectivity index (χ0) is 19.7. The molecule has 2 heterocycles. The molecule has 0 aliphatic carbocycles. The minimum Gasteiger partial charge on any atom is -0.481 e. The lowest BCUT2D eigenvalue weighted by Crippen LogP contribution is -2.22. The molecule has 2 aromatic carbocycles. The van der Waals surface area contributed by atoms with Crippen molar-refractivity contribution in [3.05, 3.63) is 76.1 Å². The van der Waals surface area contributed by atoms with Crippen molar-refractivity contribution in [3.63, 3.8) is 0 Å². The van der Waals surface area contributed by atoms with Crippen LogP contribution >= 0.6 is 23.1 Å². The third-order valence-electron chi connectivity index (χ3n) is 4.07. The molecular formula is C20H13FN2O3S2. The zero-order valence-electron chi connectivity index (χ0n) is 14.3. The van der Waals surface area contributed by atoms with E-state index in [1.807, 2.05) is 11.4 Å². The van der Waals surface area contributed by atoms with Crippen LogP contribution in [0.5, 0.6) is 0 Å². The van der Waals surface area contributed by atoms with E-state index in [-0.39, 0.29) is 17.1 Å². The number of fused-ring (bicyclic) bond motifs is 1. The molecule has 1 N–H and O–H groups in total. The highest BCUT2D eigenvalue weighted by Crippen LogP contribution is 2.33. The van der Waals surface area contributed by atoms with Crippen molar-refractivity contribution in [2.24, 2.45) is 0 Å². The lowest BCUT2D eigenvalue weighted by Gasteiger charge is -2.12. The Bertz CT molecular complexity index is 1220. The van der Waals surface area contributed by atoms with E-state index < -0.39 is 5.97 Å². The highest BCUT2D eigenvalue weighted by molar-refractivity contribution is 7.99. The van der Waals surface area contributed by atoms with Gasteiger partial charge in [0.25, 0.3) is 5.56 Å². The van der Waals surface area contributed by atoms with Crippen molar-refractivity contribution in [2.75, 3.05) is 5.75 Å². The van der Waals surface area contributed by atoms with E-state index in [0.717, 1.165) is 17.3 Å². The predicted molar refractivity (Wildman–Crippen MR) is 109 cm³/mol. The van der Waals surface area contributed by atoms with Crippen LogP contribution in [0.4, 0.5) is 4.39 Å². The summed E-state index contributed by atoms with van der Waals surface area (Å²) in [6.45, 7) is 0. The summed E-state index contributed by atoms with van der Waals surface area (Å²) < 4.78 is 14.7. The largest absolute Gasteiger partial charge is 0.481 e. The van der Waals surface area contributed by atoms with Crippen LogP contribution in [0.25, 0.3) is 27.0 Å². The maximum atomic E-state index is 13.4. The number of thiophene rings is 1. The fraction of sp³-hybridized carbons (Fsp3) is 0.0500. The van der Waals surface area contributed by atoms with Gasteiger partial charge in [0.15, 0.2) is 5.16 Å². The summed E-state index contributed by atoms with van der Waals surface area (Å²) in [6.07, 6.45) is 0. The number of hydrogen-bond donors (Lipinski definition) is 1. The summed E-state index contributed by atoms with van der Waals surface area (Å²) in [6, 6.07) is 14.9. The van der Waals surface area contributed by atoms with E-state index in [1.54, 1.807) is 36.4 Å². The smallest absolute Gasteiger partial charge is 0.313 e. The Kier molecular flexibility index (Phi) is 4.97. The van der Waals surface area contributed by atoms with Gasteiger partial charge >= 0.3 is 5.97 Å². The van der Waals surface area contributed by atoms with Gasteiger partial charge in [0.2, 0.25) is 0 Å². The molecule has 5 nitrogen and oxygen atoms in total. The third kappa shape index (κ3) is 3.44. The number of benzene rings is 2. The van der Waals surface area contributed by atoms with E-state index in [1.165, 1.54) is 28.0 Å². The minimum absolute atomic E-state index is 0.207. The first-order valence-corrected chi connectivity index (χ1v) is 10.1. The quantitative estimate of drug-likeness (QED) is 0.388. The number of nitrogens with zero attached hydrogens (tertiary/aromatic N) is 2. The van der Waals surface area contributed by atoms with Gasteiger partial charge in [-0.15, -0.1) is 11.3 Å². The first kappa shape index (κ1) is 18.4. The van der Waals surface area contributed by atoms with Gasteiger partial charge in [-0.1, -0.05) is 42.1 Å². The van der Waals surface area contributed by atoms with Crippen molar-refractivity contribution < 1.29 is 14.3 Å². The first-order chi connectivity index (χ1) is 13.5. The molecule has 0 atom stereocenters. The monoisotopic (exact) mass is 412 g/mol. The molecule has 0 fully saturated rings. The van der Waals surface area contributed by atoms with Crippen LogP contribution in [0, 0.1) is 5.82 Å². The summed E-state index contributed by atoms with van der Waals surface area (Å²) in [4.78, 5) is 29.5. The SMILES string of the molecule is O=C(O)CSc1nc2scc(-c3ccc(F)cc3)c2c(=O)n1-c1ccccc1. The fourth-order valence-electron chi connectivity index (χ4n) is 2.84. The minimum atomic E-state index is -0.989. The van der Waals surface area contributed by atoms with Crippen molar-refractivity contribution in [1.29, 1.82) is 0 Å². The Hall–Kier alpha value is -2.97. The number of halogens is 1. The molecule has 0 unspecified atom stereocenters. The lowest BCUT2D eigenvalue weighted by molar-refractivity contribution is -0.133. The molecular weight excluding hydrogens is 399 g/mol. The summed E-state index contributed by atoms with van der Waals surface area (Å²) in [5, 5.41) is 11.6. The van der Waals surface area contributed by atoms with E-state index in [2.05, 4.69) is 4.98 Å². The molecule has 0 aliphatic heterocycles. The van der Waals surface area contributed by atoms with Gasteiger partial charge in [0, 0.05) is 10.9 Å². The molecule has 2 aromatic heterocycles. The van der Waals surface area contributed by atoms with Crippen molar-refractivity contribution in [1.82, 2.24) is 9.55 Å². The number of hydrogen-bond acceptors (Lipinski definition) is 5. The zero-order valence-corrected chi connectivity index (χ0v) is 16.0. The molecule has 0 bridgehead atoms. The van der Waals surface area contributed by atoms with Gasteiger partial charge in [-0.05, 0) is 29.8 Å². The van der Waals surface area contributed by atoms with E-state index in [0.29, 0.717) is 26.6 Å². The molecule has 0 spiro atoms. The molecule has 4 rings (SSSR count). The first-order valence-electron chi connectivity index (χ1n) is 8.25. The Morgan fingerprint density at radius 2 is 1.86 bits per heavy atom. The average molecular weight is 412 g/mol. The molecule has 0 amide bonds. The molecule has 0 aliphatic rings. The molecule has 8 heteroatoms. The molecule has 28 heavy (non-hydrogen) atoms. The van der Waals surface area contributed by atoms with Gasteiger partial charge in [0.05, 0.1) is 16.8 Å². The maximum absolute atomic E-state index is 13.4. The van der Waals surface area contributed by atoms with Gasteiger partial charge in [-0.2, -0.15) is 0 Å². The topological polar surface area (TPSA) is 72.2 Å². The number of carboxylic acid groups (broad SMARTS) is 1. The Labute approximate surface area is 167 Å². The Balaban J connectivity index is 1.97. The van der Waals surface area contributed by atoms with Crippen LogP contribution in [0.15, 0.2) is 69.9 Å². The summed E-state index contributed by atoms with van der Waals surface area (Å²) >= 11 is 2.30. The van der Waals surface area contributed by atoms with Gasteiger partial charge in [0.1, 0.15) is 10.6 Å². The van der Waals surface area contributed by atoms with Crippen LogP contribution in [0.3, 0.4) is 0 Å². The number of carboxylic acids is 1. The molecule has 0 radical (unpaired) electrons.